The second-order valence-electron chi connectivity index (χ2n) is 5.32. The molecule has 0 amide bonds. The number of nitrogens with one attached hydrogen (secondary N) is 1. The molecule has 0 spiro atoms. The third-order valence-corrected chi connectivity index (χ3v) is 4.71. The van der Waals surface area contributed by atoms with Gasteiger partial charge in [0.25, 0.3) is 0 Å². The van der Waals surface area contributed by atoms with Crippen LogP contribution in [0.4, 0.5) is 0 Å². The highest BCUT2D eigenvalue weighted by Gasteiger charge is 2.19. The Hall–Kier alpha value is -0.240. The Morgan fingerprint density at radius 2 is 1.89 bits per heavy atom. The van der Waals surface area contributed by atoms with Crippen LogP contribution in [0.15, 0.2) is 18.2 Å². The normalized spacial score (nSPS) is 18.8. The Labute approximate surface area is 120 Å². The zero-order valence-electron chi connectivity index (χ0n) is 10.9. The summed E-state index contributed by atoms with van der Waals surface area (Å²) in [6.45, 7) is 3.17. The molecule has 1 aliphatic rings. The molecule has 1 atom stereocenters. The fourth-order valence-electron chi connectivity index (χ4n) is 2.73. The van der Waals surface area contributed by atoms with Crippen LogP contribution in [0.25, 0.3) is 0 Å². The summed E-state index contributed by atoms with van der Waals surface area (Å²) in [5.41, 5.74) is 1.20. The average Bonchev–Trinajstić information content (AvgIpc) is 2.41. The van der Waals surface area contributed by atoms with Crippen molar-refractivity contribution in [2.24, 2.45) is 5.92 Å². The van der Waals surface area contributed by atoms with Gasteiger partial charge in [-0.3, -0.25) is 0 Å². The molecular weight excluding hydrogens is 265 g/mol. The third kappa shape index (κ3) is 3.88. The summed E-state index contributed by atoms with van der Waals surface area (Å²) >= 11 is 11.9. The molecule has 100 valence electrons. The third-order valence-electron chi connectivity index (χ3n) is 3.97. The summed E-state index contributed by atoms with van der Waals surface area (Å²) in [6, 6.07) is 6.44. The van der Waals surface area contributed by atoms with Crippen molar-refractivity contribution in [2.75, 3.05) is 0 Å². The zero-order valence-corrected chi connectivity index (χ0v) is 12.4. The molecule has 1 aromatic carbocycles. The lowest BCUT2D eigenvalue weighted by Crippen LogP contribution is -2.34. The first-order valence-electron chi connectivity index (χ1n) is 6.84. The topological polar surface area (TPSA) is 12.0 Å². The van der Waals surface area contributed by atoms with E-state index in [1.807, 2.05) is 18.2 Å². The first kappa shape index (κ1) is 14.2. The largest absolute Gasteiger partial charge is 0.310 e. The van der Waals surface area contributed by atoms with E-state index in [9.17, 15) is 0 Å². The summed E-state index contributed by atoms with van der Waals surface area (Å²) in [5, 5.41) is 4.88. The molecule has 1 aromatic rings. The lowest BCUT2D eigenvalue weighted by Gasteiger charge is -2.28. The van der Waals surface area contributed by atoms with E-state index in [1.165, 1.54) is 37.7 Å². The molecule has 1 unspecified atom stereocenters. The minimum absolute atomic E-state index is 0.583. The van der Waals surface area contributed by atoms with Gasteiger partial charge in [-0.05, 0) is 43.4 Å². The van der Waals surface area contributed by atoms with Gasteiger partial charge in [0.15, 0.2) is 0 Å². The Balaban J connectivity index is 1.84. The maximum Gasteiger partial charge on any atom is 0.0595 e. The van der Waals surface area contributed by atoms with Crippen molar-refractivity contribution in [1.82, 2.24) is 5.32 Å². The van der Waals surface area contributed by atoms with Crippen molar-refractivity contribution in [1.29, 1.82) is 0 Å². The highest BCUT2D eigenvalue weighted by molar-refractivity contribution is 6.42. The van der Waals surface area contributed by atoms with Crippen LogP contribution in [0.5, 0.6) is 0 Å². The second kappa shape index (κ2) is 6.79. The molecule has 1 fully saturated rings. The Kier molecular flexibility index (Phi) is 5.35. The molecule has 0 radical (unpaired) electrons. The molecule has 3 heteroatoms. The van der Waals surface area contributed by atoms with E-state index < -0.39 is 0 Å². The number of hydrogen-bond acceptors (Lipinski definition) is 1. The van der Waals surface area contributed by atoms with Crippen LogP contribution >= 0.6 is 23.2 Å². The summed E-state index contributed by atoms with van der Waals surface area (Å²) in [5.74, 6) is 0.835. The van der Waals surface area contributed by atoms with Gasteiger partial charge in [0.2, 0.25) is 0 Å². The Bertz CT molecular complexity index is 386. The fraction of sp³-hybridized carbons (Fsp3) is 0.600. The molecular formula is C15H21Cl2N. The molecule has 0 heterocycles. The molecule has 1 nitrogen and oxygen atoms in total. The maximum absolute atomic E-state index is 6.02. The van der Waals surface area contributed by atoms with E-state index >= 15 is 0 Å². The Morgan fingerprint density at radius 1 is 1.17 bits per heavy atom. The highest BCUT2D eigenvalue weighted by atomic mass is 35.5. The number of hydrogen-bond donors (Lipinski definition) is 1. The number of rotatable bonds is 4. The van der Waals surface area contributed by atoms with Crippen molar-refractivity contribution in [2.45, 2.75) is 51.6 Å². The summed E-state index contributed by atoms with van der Waals surface area (Å²) in [7, 11) is 0. The van der Waals surface area contributed by atoms with E-state index in [4.69, 9.17) is 23.2 Å². The van der Waals surface area contributed by atoms with E-state index in [0.29, 0.717) is 16.1 Å². The second-order valence-corrected chi connectivity index (χ2v) is 6.13. The van der Waals surface area contributed by atoms with Crippen molar-refractivity contribution >= 4 is 23.2 Å². The van der Waals surface area contributed by atoms with E-state index in [-0.39, 0.29) is 0 Å². The molecule has 0 aromatic heterocycles. The van der Waals surface area contributed by atoms with Gasteiger partial charge >= 0.3 is 0 Å². The van der Waals surface area contributed by atoms with Crippen molar-refractivity contribution in [3.8, 4) is 0 Å². The van der Waals surface area contributed by atoms with E-state index in [1.54, 1.807) is 0 Å². The fourth-order valence-corrected chi connectivity index (χ4v) is 3.05. The highest BCUT2D eigenvalue weighted by Crippen LogP contribution is 2.27. The molecule has 18 heavy (non-hydrogen) atoms. The molecule has 1 aliphatic carbocycles. The smallest absolute Gasteiger partial charge is 0.0595 e. The quantitative estimate of drug-likeness (QED) is 0.816. The Morgan fingerprint density at radius 3 is 2.56 bits per heavy atom. The van der Waals surface area contributed by atoms with E-state index in [2.05, 4.69) is 12.2 Å². The van der Waals surface area contributed by atoms with Crippen LogP contribution in [-0.4, -0.2) is 6.04 Å². The molecule has 1 N–H and O–H groups in total. The minimum Gasteiger partial charge on any atom is -0.310 e. The average molecular weight is 286 g/mol. The standard InChI is InChI=1S/C15H21Cl2N/c1-11(13-5-3-2-4-6-13)18-10-12-7-8-14(16)15(17)9-12/h7-9,11,13,18H,2-6,10H2,1H3. The van der Waals surface area contributed by atoms with Crippen LogP contribution in [0.2, 0.25) is 10.0 Å². The lowest BCUT2D eigenvalue weighted by atomic mass is 9.84. The van der Waals surface area contributed by atoms with Gasteiger partial charge < -0.3 is 5.32 Å². The maximum atomic E-state index is 6.02. The van der Waals surface area contributed by atoms with Gasteiger partial charge in [-0.2, -0.15) is 0 Å². The van der Waals surface area contributed by atoms with Gasteiger partial charge in [-0.25, -0.2) is 0 Å². The first-order chi connectivity index (χ1) is 8.66. The van der Waals surface area contributed by atoms with Crippen LogP contribution < -0.4 is 5.32 Å². The summed E-state index contributed by atoms with van der Waals surface area (Å²) in [4.78, 5) is 0. The monoisotopic (exact) mass is 285 g/mol. The predicted octanol–water partition coefficient (Wildman–Crippen LogP) is 5.05. The van der Waals surface area contributed by atoms with E-state index in [0.717, 1.165) is 12.5 Å². The molecule has 0 saturated heterocycles. The lowest BCUT2D eigenvalue weighted by molar-refractivity contribution is 0.280. The van der Waals surface area contributed by atoms with Gasteiger partial charge in [-0.15, -0.1) is 0 Å². The predicted molar refractivity (Wildman–Crippen MR) is 79.3 cm³/mol. The van der Waals surface area contributed by atoms with Crippen molar-refractivity contribution in [3.63, 3.8) is 0 Å². The van der Waals surface area contributed by atoms with Crippen LogP contribution in [0.3, 0.4) is 0 Å². The number of benzene rings is 1. The molecule has 1 saturated carbocycles. The van der Waals surface area contributed by atoms with Gasteiger partial charge in [0, 0.05) is 12.6 Å². The van der Waals surface area contributed by atoms with Crippen LogP contribution in [-0.2, 0) is 6.54 Å². The summed E-state index contributed by atoms with van der Waals surface area (Å²) < 4.78 is 0. The van der Waals surface area contributed by atoms with Gasteiger partial charge in [-0.1, -0.05) is 48.5 Å². The van der Waals surface area contributed by atoms with Crippen LogP contribution in [0.1, 0.15) is 44.6 Å². The van der Waals surface area contributed by atoms with Crippen molar-refractivity contribution in [3.05, 3.63) is 33.8 Å². The SMILES string of the molecule is CC(NCc1ccc(Cl)c(Cl)c1)C1CCCCC1. The molecule has 2 rings (SSSR count). The molecule has 0 aliphatic heterocycles. The zero-order chi connectivity index (χ0) is 13.0. The molecule has 0 bridgehead atoms. The van der Waals surface area contributed by atoms with Gasteiger partial charge in [0.05, 0.1) is 10.0 Å². The van der Waals surface area contributed by atoms with Crippen molar-refractivity contribution < 1.29 is 0 Å². The summed E-state index contributed by atoms with van der Waals surface area (Å²) in [6.07, 6.45) is 6.94. The first-order valence-corrected chi connectivity index (χ1v) is 7.59. The van der Waals surface area contributed by atoms with Crippen LogP contribution in [0, 0.1) is 5.92 Å². The van der Waals surface area contributed by atoms with Gasteiger partial charge in [0.1, 0.15) is 0 Å². The minimum atomic E-state index is 0.583. The number of halogens is 2.